The lowest BCUT2D eigenvalue weighted by molar-refractivity contribution is 0.588. The molecule has 0 unspecified atom stereocenters. The van der Waals surface area contributed by atoms with Crippen molar-refractivity contribution >= 4 is 15.7 Å². The fourth-order valence-electron chi connectivity index (χ4n) is 2.87. The molecular weight excluding hydrogens is 300 g/mol. The predicted octanol–water partition coefficient (Wildman–Crippen LogP) is 1.37. The number of anilines is 1. The lowest BCUT2D eigenvalue weighted by Crippen LogP contribution is -2.22. The maximum Gasteiger partial charge on any atom is 0.240 e. The maximum atomic E-state index is 11.9. The molecule has 0 radical (unpaired) electrons. The van der Waals surface area contributed by atoms with Gasteiger partial charge in [0, 0.05) is 25.0 Å². The summed E-state index contributed by atoms with van der Waals surface area (Å²) >= 11 is 0. The van der Waals surface area contributed by atoms with Gasteiger partial charge in [-0.2, -0.15) is 5.10 Å². The molecule has 1 aromatic heterocycles. The minimum absolute atomic E-state index is 0.328. The van der Waals surface area contributed by atoms with Crippen LogP contribution in [0.25, 0.3) is 0 Å². The highest BCUT2D eigenvalue weighted by Gasteiger charge is 2.22. The van der Waals surface area contributed by atoms with Gasteiger partial charge in [0.2, 0.25) is 10.0 Å². The standard InChI is InChI=1S/C15H20N4O2S/c1-3-19-13(6-8-17-19)11-18-9-7-12-10-14(4-5-15(12)18)22(20,21)16-2/h4-6,8,10,16H,3,7,9,11H2,1-2H3. The largest absolute Gasteiger partial charge is 0.365 e. The summed E-state index contributed by atoms with van der Waals surface area (Å²) in [7, 11) is -1.95. The fourth-order valence-corrected chi connectivity index (χ4v) is 3.65. The number of sulfonamides is 1. The summed E-state index contributed by atoms with van der Waals surface area (Å²) in [5, 5.41) is 4.29. The molecule has 1 N–H and O–H groups in total. The van der Waals surface area contributed by atoms with Crippen molar-refractivity contribution in [3.8, 4) is 0 Å². The molecule has 0 bridgehead atoms. The quantitative estimate of drug-likeness (QED) is 0.903. The Hall–Kier alpha value is -1.86. The van der Waals surface area contributed by atoms with Gasteiger partial charge in [-0.15, -0.1) is 0 Å². The van der Waals surface area contributed by atoms with E-state index in [4.69, 9.17) is 0 Å². The number of hydrogen-bond acceptors (Lipinski definition) is 4. The maximum absolute atomic E-state index is 11.9. The highest BCUT2D eigenvalue weighted by molar-refractivity contribution is 7.89. The monoisotopic (exact) mass is 320 g/mol. The molecule has 3 rings (SSSR count). The number of nitrogens with one attached hydrogen (secondary N) is 1. The summed E-state index contributed by atoms with van der Waals surface area (Å²) in [6, 6.07) is 7.37. The second-order valence-electron chi connectivity index (χ2n) is 5.31. The molecule has 0 spiro atoms. The van der Waals surface area contributed by atoms with Crippen LogP contribution in [0, 0.1) is 0 Å². The molecule has 0 saturated carbocycles. The molecule has 1 aliphatic rings. The van der Waals surface area contributed by atoms with Gasteiger partial charge in [0.05, 0.1) is 17.1 Å². The molecule has 0 fully saturated rings. The third kappa shape index (κ3) is 2.62. The lowest BCUT2D eigenvalue weighted by atomic mass is 10.2. The van der Waals surface area contributed by atoms with E-state index in [9.17, 15) is 8.42 Å². The van der Waals surface area contributed by atoms with Crippen molar-refractivity contribution in [3.63, 3.8) is 0 Å². The molecule has 118 valence electrons. The van der Waals surface area contributed by atoms with Gasteiger partial charge in [-0.3, -0.25) is 4.68 Å². The molecule has 0 atom stereocenters. The number of aromatic nitrogens is 2. The fraction of sp³-hybridized carbons (Fsp3) is 0.400. The Morgan fingerprint density at radius 1 is 1.32 bits per heavy atom. The van der Waals surface area contributed by atoms with Crippen molar-refractivity contribution in [1.82, 2.24) is 14.5 Å². The molecule has 6 nitrogen and oxygen atoms in total. The summed E-state index contributed by atoms with van der Waals surface area (Å²) in [4.78, 5) is 2.60. The first-order valence-corrected chi connectivity index (χ1v) is 8.85. The van der Waals surface area contributed by atoms with E-state index in [-0.39, 0.29) is 0 Å². The summed E-state index contributed by atoms with van der Waals surface area (Å²) in [6.07, 6.45) is 2.68. The first-order valence-electron chi connectivity index (χ1n) is 7.37. The Morgan fingerprint density at radius 3 is 2.86 bits per heavy atom. The molecule has 1 aromatic carbocycles. The normalized spacial score (nSPS) is 14.4. The van der Waals surface area contributed by atoms with Crippen molar-refractivity contribution in [3.05, 3.63) is 41.7 Å². The molecule has 0 aliphatic carbocycles. The Labute approximate surface area is 130 Å². The van der Waals surface area contributed by atoms with Gasteiger partial charge in [0.15, 0.2) is 0 Å². The number of benzene rings is 1. The van der Waals surface area contributed by atoms with Crippen LogP contribution in [-0.4, -0.2) is 31.8 Å². The van der Waals surface area contributed by atoms with Crippen LogP contribution in [0.1, 0.15) is 18.2 Å². The summed E-state index contributed by atoms with van der Waals surface area (Å²) in [6.45, 7) is 4.61. The topological polar surface area (TPSA) is 67.2 Å². The lowest BCUT2D eigenvalue weighted by Gasteiger charge is -2.20. The minimum Gasteiger partial charge on any atom is -0.365 e. The second kappa shape index (κ2) is 5.73. The highest BCUT2D eigenvalue weighted by Crippen LogP contribution is 2.31. The molecule has 1 aliphatic heterocycles. The van der Waals surface area contributed by atoms with E-state index in [1.54, 1.807) is 12.1 Å². The molecule has 0 saturated heterocycles. The number of nitrogens with zero attached hydrogens (tertiary/aromatic N) is 3. The van der Waals surface area contributed by atoms with Crippen LogP contribution in [0.3, 0.4) is 0 Å². The van der Waals surface area contributed by atoms with E-state index in [2.05, 4.69) is 21.6 Å². The Morgan fingerprint density at radius 2 is 2.14 bits per heavy atom. The number of fused-ring (bicyclic) bond motifs is 1. The summed E-state index contributed by atoms with van der Waals surface area (Å²) < 4.78 is 28.1. The number of hydrogen-bond donors (Lipinski definition) is 1. The van der Waals surface area contributed by atoms with Crippen LogP contribution in [0.5, 0.6) is 0 Å². The van der Waals surface area contributed by atoms with Gasteiger partial charge in [-0.25, -0.2) is 13.1 Å². The Bertz CT molecular complexity index is 783. The van der Waals surface area contributed by atoms with Crippen molar-refractivity contribution in [2.24, 2.45) is 0 Å². The van der Waals surface area contributed by atoms with E-state index < -0.39 is 10.0 Å². The molecular formula is C15H20N4O2S. The first-order chi connectivity index (χ1) is 10.5. The van der Waals surface area contributed by atoms with Crippen molar-refractivity contribution < 1.29 is 8.42 Å². The van der Waals surface area contributed by atoms with Crippen LogP contribution >= 0.6 is 0 Å². The zero-order chi connectivity index (χ0) is 15.7. The molecule has 2 heterocycles. The Kier molecular flexibility index (Phi) is 3.92. The second-order valence-corrected chi connectivity index (χ2v) is 7.19. The van der Waals surface area contributed by atoms with Gasteiger partial charge in [-0.05, 0) is 50.2 Å². The van der Waals surface area contributed by atoms with Gasteiger partial charge in [0.25, 0.3) is 0 Å². The number of aryl methyl sites for hydroxylation is 1. The minimum atomic E-state index is -3.38. The van der Waals surface area contributed by atoms with Gasteiger partial charge < -0.3 is 4.90 Å². The molecule has 7 heteroatoms. The Balaban J connectivity index is 1.87. The van der Waals surface area contributed by atoms with Gasteiger partial charge in [0.1, 0.15) is 0 Å². The van der Waals surface area contributed by atoms with Crippen molar-refractivity contribution in [1.29, 1.82) is 0 Å². The molecule has 2 aromatic rings. The first kappa shape index (κ1) is 15.1. The SMILES string of the molecule is CCn1nccc1CN1CCc2cc(S(=O)(=O)NC)ccc21. The molecule has 0 amide bonds. The average Bonchev–Trinajstić information content (AvgIpc) is 3.14. The third-order valence-electron chi connectivity index (χ3n) is 4.08. The van der Waals surface area contributed by atoms with Crippen molar-refractivity contribution in [2.45, 2.75) is 31.3 Å². The summed E-state index contributed by atoms with van der Waals surface area (Å²) in [5.74, 6) is 0. The van der Waals surface area contributed by atoms with Crippen LogP contribution in [0.15, 0.2) is 35.4 Å². The van der Waals surface area contributed by atoms with E-state index in [0.717, 1.165) is 37.3 Å². The predicted molar refractivity (Wildman–Crippen MR) is 85.3 cm³/mol. The smallest absolute Gasteiger partial charge is 0.240 e. The average molecular weight is 320 g/mol. The van der Waals surface area contributed by atoms with Crippen LogP contribution in [-0.2, 0) is 29.5 Å². The van der Waals surface area contributed by atoms with Crippen molar-refractivity contribution in [2.75, 3.05) is 18.5 Å². The van der Waals surface area contributed by atoms with E-state index in [0.29, 0.717) is 4.90 Å². The van der Waals surface area contributed by atoms with E-state index in [1.165, 1.54) is 12.7 Å². The van der Waals surface area contributed by atoms with Gasteiger partial charge >= 0.3 is 0 Å². The van der Waals surface area contributed by atoms with E-state index >= 15 is 0 Å². The molecule has 22 heavy (non-hydrogen) atoms. The number of rotatable bonds is 5. The van der Waals surface area contributed by atoms with Gasteiger partial charge in [-0.1, -0.05) is 0 Å². The zero-order valence-corrected chi connectivity index (χ0v) is 13.6. The zero-order valence-electron chi connectivity index (χ0n) is 12.8. The van der Waals surface area contributed by atoms with Crippen LogP contribution in [0.4, 0.5) is 5.69 Å². The van der Waals surface area contributed by atoms with Crippen LogP contribution in [0.2, 0.25) is 0 Å². The summed E-state index contributed by atoms with van der Waals surface area (Å²) in [5.41, 5.74) is 3.36. The van der Waals surface area contributed by atoms with Crippen LogP contribution < -0.4 is 9.62 Å². The third-order valence-corrected chi connectivity index (χ3v) is 5.49. The highest BCUT2D eigenvalue weighted by atomic mass is 32.2. The van der Waals surface area contributed by atoms with E-state index in [1.807, 2.05) is 23.0 Å².